The topological polar surface area (TPSA) is 44.4 Å². The molecule has 0 bridgehead atoms. The molecule has 30 heavy (non-hydrogen) atoms. The number of hydrogen-bond acceptors (Lipinski definition) is 3. The summed E-state index contributed by atoms with van der Waals surface area (Å²) in [6.45, 7) is 2.54. The summed E-state index contributed by atoms with van der Waals surface area (Å²) in [5, 5.41) is 7.85. The van der Waals surface area contributed by atoms with Crippen LogP contribution in [0.15, 0.2) is 48.5 Å². The van der Waals surface area contributed by atoms with Crippen molar-refractivity contribution in [1.29, 1.82) is 0 Å². The standard InChI is InChI=1S/C23H28ClN3OS2/c24-21-8-3-2-7-19(21)17-30-16-6-13-25-23(29)26-20-11-9-18(10-12-20)22(28)27-14-4-1-5-15-27/h2-3,7-12H,1,4-6,13-17H2,(H2,25,26,29). The number of thiocarbonyl (C=S) groups is 1. The highest BCUT2D eigenvalue weighted by Gasteiger charge is 2.17. The molecule has 1 heterocycles. The lowest BCUT2D eigenvalue weighted by Crippen LogP contribution is -2.35. The predicted molar refractivity (Wildman–Crippen MR) is 133 cm³/mol. The average molecular weight is 462 g/mol. The monoisotopic (exact) mass is 461 g/mol. The van der Waals surface area contributed by atoms with Crippen LogP contribution >= 0.6 is 35.6 Å². The van der Waals surface area contributed by atoms with Crippen LogP contribution in [-0.2, 0) is 5.75 Å². The zero-order valence-corrected chi connectivity index (χ0v) is 19.4. The molecule has 1 amide bonds. The van der Waals surface area contributed by atoms with Crippen LogP contribution in [0, 0.1) is 0 Å². The average Bonchev–Trinajstić information content (AvgIpc) is 2.78. The molecular formula is C23H28ClN3OS2. The van der Waals surface area contributed by atoms with Crippen LogP contribution in [-0.4, -0.2) is 41.3 Å². The molecule has 2 aromatic rings. The summed E-state index contributed by atoms with van der Waals surface area (Å²) in [4.78, 5) is 14.5. The number of amides is 1. The van der Waals surface area contributed by atoms with Gasteiger partial charge in [0, 0.05) is 41.7 Å². The van der Waals surface area contributed by atoms with Crippen molar-refractivity contribution in [1.82, 2.24) is 10.2 Å². The SMILES string of the molecule is O=C(c1ccc(NC(=S)NCCCSCc2ccccc2Cl)cc1)N1CCCCC1. The summed E-state index contributed by atoms with van der Waals surface area (Å²) < 4.78 is 0. The van der Waals surface area contributed by atoms with E-state index in [4.69, 9.17) is 23.8 Å². The van der Waals surface area contributed by atoms with Crippen molar-refractivity contribution in [3.05, 3.63) is 64.7 Å². The van der Waals surface area contributed by atoms with Gasteiger partial charge in [-0.05, 0) is 79.5 Å². The second kappa shape index (κ2) is 12.2. The van der Waals surface area contributed by atoms with Crippen molar-refractivity contribution >= 4 is 52.3 Å². The summed E-state index contributed by atoms with van der Waals surface area (Å²) in [6.07, 6.45) is 4.44. The Labute approximate surface area is 193 Å². The molecule has 0 aromatic heterocycles. The number of benzene rings is 2. The number of thioether (sulfide) groups is 1. The maximum Gasteiger partial charge on any atom is 0.253 e. The van der Waals surface area contributed by atoms with Gasteiger partial charge in [-0.15, -0.1) is 0 Å². The highest BCUT2D eigenvalue weighted by Crippen LogP contribution is 2.21. The molecule has 0 atom stereocenters. The zero-order chi connectivity index (χ0) is 21.2. The van der Waals surface area contributed by atoms with Gasteiger partial charge in [0.05, 0.1) is 0 Å². The number of anilines is 1. The predicted octanol–water partition coefficient (Wildman–Crippen LogP) is 5.58. The molecule has 160 valence electrons. The van der Waals surface area contributed by atoms with Crippen LogP contribution in [0.5, 0.6) is 0 Å². The van der Waals surface area contributed by atoms with Crippen molar-refractivity contribution in [2.24, 2.45) is 0 Å². The van der Waals surface area contributed by atoms with E-state index in [0.29, 0.717) is 5.11 Å². The zero-order valence-electron chi connectivity index (χ0n) is 17.0. The van der Waals surface area contributed by atoms with Gasteiger partial charge in [-0.2, -0.15) is 11.8 Å². The Bertz CT molecular complexity index is 839. The smallest absolute Gasteiger partial charge is 0.253 e. The van der Waals surface area contributed by atoms with Crippen molar-refractivity contribution in [2.45, 2.75) is 31.4 Å². The van der Waals surface area contributed by atoms with E-state index in [1.165, 1.54) is 12.0 Å². The first-order chi connectivity index (χ1) is 14.6. The number of hydrogen-bond donors (Lipinski definition) is 2. The lowest BCUT2D eigenvalue weighted by Gasteiger charge is -2.26. The summed E-state index contributed by atoms with van der Waals surface area (Å²) in [5.74, 6) is 2.08. The van der Waals surface area contributed by atoms with Crippen LogP contribution in [0.1, 0.15) is 41.6 Å². The van der Waals surface area contributed by atoms with Gasteiger partial charge in [0.1, 0.15) is 0 Å². The number of rotatable bonds is 8. The summed E-state index contributed by atoms with van der Waals surface area (Å²) in [7, 11) is 0. The minimum absolute atomic E-state index is 0.122. The van der Waals surface area contributed by atoms with Crippen LogP contribution in [0.2, 0.25) is 5.02 Å². The van der Waals surface area contributed by atoms with Gasteiger partial charge in [-0.1, -0.05) is 29.8 Å². The van der Waals surface area contributed by atoms with E-state index in [-0.39, 0.29) is 5.91 Å². The van der Waals surface area contributed by atoms with E-state index in [9.17, 15) is 4.79 Å². The van der Waals surface area contributed by atoms with E-state index < -0.39 is 0 Å². The lowest BCUT2D eigenvalue weighted by molar-refractivity contribution is 0.0724. The Kier molecular flexibility index (Phi) is 9.30. The number of nitrogens with zero attached hydrogens (tertiary/aromatic N) is 1. The van der Waals surface area contributed by atoms with Crippen molar-refractivity contribution in [3.8, 4) is 0 Å². The maximum absolute atomic E-state index is 12.5. The Morgan fingerprint density at radius 1 is 1.07 bits per heavy atom. The molecule has 4 nitrogen and oxygen atoms in total. The van der Waals surface area contributed by atoms with Crippen molar-refractivity contribution < 1.29 is 4.79 Å². The van der Waals surface area contributed by atoms with Crippen LogP contribution in [0.3, 0.4) is 0 Å². The van der Waals surface area contributed by atoms with Crippen LogP contribution in [0.4, 0.5) is 5.69 Å². The van der Waals surface area contributed by atoms with Crippen LogP contribution < -0.4 is 10.6 Å². The number of carbonyl (C=O) groups is 1. The fourth-order valence-corrected chi connectivity index (χ4v) is 4.79. The molecule has 0 spiro atoms. The molecule has 2 N–H and O–H groups in total. The second-order valence-electron chi connectivity index (χ2n) is 7.31. The Hall–Kier alpha value is -1.76. The molecule has 0 aliphatic carbocycles. The van der Waals surface area contributed by atoms with Gasteiger partial charge < -0.3 is 15.5 Å². The molecule has 0 unspecified atom stereocenters. The summed E-state index contributed by atoms with van der Waals surface area (Å²) in [5.41, 5.74) is 2.80. The second-order valence-corrected chi connectivity index (χ2v) is 9.23. The Balaban J connectivity index is 1.32. The summed E-state index contributed by atoms with van der Waals surface area (Å²) in [6, 6.07) is 15.5. The van der Waals surface area contributed by atoms with Gasteiger partial charge in [0.15, 0.2) is 5.11 Å². The molecule has 3 rings (SSSR count). The first kappa shape index (κ1) is 22.9. The third-order valence-electron chi connectivity index (χ3n) is 5.00. The van der Waals surface area contributed by atoms with Crippen molar-refractivity contribution in [3.63, 3.8) is 0 Å². The lowest BCUT2D eigenvalue weighted by atomic mass is 10.1. The Morgan fingerprint density at radius 2 is 1.80 bits per heavy atom. The molecule has 1 aliphatic rings. The highest BCUT2D eigenvalue weighted by molar-refractivity contribution is 7.98. The van der Waals surface area contributed by atoms with Gasteiger partial charge >= 0.3 is 0 Å². The first-order valence-corrected chi connectivity index (χ1v) is 12.3. The van der Waals surface area contributed by atoms with Crippen molar-refractivity contribution in [2.75, 3.05) is 30.7 Å². The number of likely N-dealkylation sites (tertiary alicyclic amines) is 1. The number of nitrogens with one attached hydrogen (secondary N) is 2. The van der Waals surface area contributed by atoms with E-state index >= 15 is 0 Å². The summed E-state index contributed by atoms with van der Waals surface area (Å²) >= 11 is 13.4. The normalized spacial score (nSPS) is 13.7. The molecule has 2 aromatic carbocycles. The third kappa shape index (κ3) is 7.18. The van der Waals surface area contributed by atoms with Gasteiger partial charge in [0.2, 0.25) is 0 Å². The van der Waals surface area contributed by atoms with Gasteiger partial charge in [0.25, 0.3) is 5.91 Å². The minimum atomic E-state index is 0.122. The third-order valence-corrected chi connectivity index (χ3v) is 6.71. The molecular weight excluding hydrogens is 434 g/mol. The van der Waals surface area contributed by atoms with E-state index in [1.807, 2.05) is 59.1 Å². The molecule has 7 heteroatoms. The molecule has 0 saturated carbocycles. The fourth-order valence-electron chi connectivity index (χ4n) is 3.32. The van der Waals surface area contributed by atoms with Gasteiger partial charge in [-0.3, -0.25) is 4.79 Å². The van der Waals surface area contributed by atoms with E-state index in [1.54, 1.807) is 0 Å². The van der Waals surface area contributed by atoms with Crippen LogP contribution in [0.25, 0.3) is 0 Å². The fraction of sp³-hybridized carbons (Fsp3) is 0.391. The number of piperidine rings is 1. The first-order valence-electron chi connectivity index (χ1n) is 10.4. The molecule has 1 aliphatic heterocycles. The highest BCUT2D eigenvalue weighted by atomic mass is 35.5. The van der Waals surface area contributed by atoms with E-state index in [2.05, 4.69) is 16.7 Å². The largest absolute Gasteiger partial charge is 0.362 e. The molecule has 1 saturated heterocycles. The van der Waals surface area contributed by atoms with E-state index in [0.717, 1.165) is 66.7 Å². The maximum atomic E-state index is 12.5. The Morgan fingerprint density at radius 3 is 2.53 bits per heavy atom. The minimum Gasteiger partial charge on any atom is -0.362 e. The molecule has 0 radical (unpaired) electrons. The quantitative estimate of drug-likeness (QED) is 0.397. The number of carbonyl (C=O) groups excluding carboxylic acids is 1. The molecule has 1 fully saturated rings. The number of halogens is 1. The van der Waals surface area contributed by atoms with Gasteiger partial charge in [-0.25, -0.2) is 0 Å².